The number of aromatic nitrogens is 2. The standard InChI is InChI=1S/C19H21N3O4S/c1-12-15-17(23)20-14(11-22(2)13-7-5-4-6-8-13)21-18(15)27-16(12)19(24)26-10-9-25-3/h4-8H,9-11H2,1-3H3,(H,20,21,23). The van der Waals surface area contributed by atoms with Crippen LogP contribution < -0.4 is 10.5 Å². The number of carbonyl (C=O) groups excluding carboxylic acids is 1. The van der Waals surface area contributed by atoms with Gasteiger partial charge in [-0.1, -0.05) is 18.2 Å². The van der Waals surface area contributed by atoms with Crippen LogP contribution in [0.5, 0.6) is 0 Å². The first kappa shape index (κ1) is 19.1. The lowest BCUT2D eigenvalue weighted by atomic mass is 10.2. The molecule has 0 spiro atoms. The maximum atomic E-state index is 12.6. The van der Waals surface area contributed by atoms with Crippen LogP contribution in [0.3, 0.4) is 0 Å². The highest BCUT2D eigenvalue weighted by Crippen LogP contribution is 2.28. The number of esters is 1. The summed E-state index contributed by atoms with van der Waals surface area (Å²) in [6.45, 7) is 2.67. The number of aromatic amines is 1. The third-order valence-electron chi connectivity index (χ3n) is 4.14. The summed E-state index contributed by atoms with van der Waals surface area (Å²) in [5, 5.41) is 0.435. The van der Waals surface area contributed by atoms with Gasteiger partial charge >= 0.3 is 5.97 Å². The average molecular weight is 387 g/mol. The lowest BCUT2D eigenvalue weighted by molar-refractivity contribution is 0.0393. The van der Waals surface area contributed by atoms with E-state index in [1.807, 2.05) is 42.3 Å². The molecule has 0 atom stereocenters. The second-order valence-electron chi connectivity index (χ2n) is 6.07. The van der Waals surface area contributed by atoms with Gasteiger partial charge in [0, 0.05) is 19.8 Å². The number of thiophene rings is 1. The summed E-state index contributed by atoms with van der Waals surface area (Å²) in [7, 11) is 3.47. The zero-order chi connectivity index (χ0) is 19.4. The molecule has 0 bridgehead atoms. The van der Waals surface area contributed by atoms with E-state index in [-0.39, 0.29) is 12.2 Å². The van der Waals surface area contributed by atoms with Crippen molar-refractivity contribution in [3.63, 3.8) is 0 Å². The van der Waals surface area contributed by atoms with Crippen molar-refractivity contribution in [3.8, 4) is 0 Å². The summed E-state index contributed by atoms with van der Waals surface area (Å²) in [5.74, 6) is 0.0781. The molecule has 0 saturated carbocycles. The van der Waals surface area contributed by atoms with E-state index in [2.05, 4.69) is 9.97 Å². The number of hydrogen-bond donors (Lipinski definition) is 1. The molecule has 0 saturated heterocycles. The Kier molecular flexibility index (Phi) is 5.88. The van der Waals surface area contributed by atoms with Gasteiger partial charge in [0.15, 0.2) is 0 Å². The number of hydrogen-bond acceptors (Lipinski definition) is 7. The van der Waals surface area contributed by atoms with Gasteiger partial charge in [0.2, 0.25) is 0 Å². The van der Waals surface area contributed by atoms with E-state index in [9.17, 15) is 9.59 Å². The molecule has 2 aromatic heterocycles. The van der Waals surface area contributed by atoms with E-state index in [0.29, 0.717) is 39.6 Å². The number of H-pyrrole nitrogens is 1. The first-order chi connectivity index (χ1) is 13.0. The SMILES string of the molecule is COCCOC(=O)c1sc2nc(CN(C)c3ccccc3)[nH]c(=O)c2c1C. The highest BCUT2D eigenvalue weighted by molar-refractivity contribution is 7.20. The molecule has 8 heteroatoms. The van der Waals surface area contributed by atoms with Crippen LogP contribution in [-0.4, -0.2) is 43.3 Å². The number of anilines is 1. The molecule has 142 valence electrons. The molecule has 2 heterocycles. The highest BCUT2D eigenvalue weighted by Gasteiger charge is 2.20. The Bertz CT molecular complexity index is 997. The lowest BCUT2D eigenvalue weighted by Crippen LogP contribution is -2.21. The van der Waals surface area contributed by atoms with Crippen molar-refractivity contribution < 1.29 is 14.3 Å². The van der Waals surface area contributed by atoms with Gasteiger partial charge in [-0.05, 0) is 24.6 Å². The molecule has 3 aromatic rings. The van der Waals surface area contributed by atoms with E-state index in [0.717, 1.165) is 5.69 Å². The van der Waals surface area contributed by atoms with Crippen LogP contribution in [0.2, 0.25) is 0 Å². The number of carbonyl (C=O) groups is 1. The molecular formula is C19H21N3O4S. The zero-order valence-corrected chi connectivity index (χ0v) is 16.3. The maximum absolute atomic E-state index is 12.6. The molecule has 0 unspecified atom stereocenters. The zero-order valence-electron chi connectivity index (χ0n) is 15.4. The number of fused-ring (bicyclic) bond motifs is 1. The topological polar surface area (TPSA) is 84.5 Å². The quantitative estimate of drug-likeness (QED) is 0.496. The maximum Gasteiger partial charge on any atom is 0.348 e. The van der Waals surface area contributed by atoms with Gasteiger partial charge in [-0.15, -0.1) is 11.3 Å². The van der Waals surface area contributed by atoms with Gasteiger partial charge in [0.05, 0.1) is 18.5 Å². The number of para-hydroxylation sites is 1. The summed E-state index contributed by atoms with van der Waals surface area (Å²) < 4.78 is 10.0. The smallest absolute Gasteiger partial charge is 0.348 e. The molecule has 7 nitrogen and oxygen atoms in total. The Balaban J connectivity index is 1.88. The molecule has 27 heavy (non-hydrogen) atoms. The van der Waals surface area contributed by atoms with Crippen molar-refractivity contribution in [2.24, 2.45) is 0 Å². The fourth-order valence-electron chi connectivity index (χ4n) is 2.74. The van der Waals surface area contributed by atoms with Gasteiger partial charge < -0.3 is 19.4 Å². The minimum absolute atomic E-state index is 0.167. The van der Waals surface area contributed by atoms with Crippen LogP contribution in [0, 0.1) is 6.92 Å². The van der Waals surface area contributed by atoms with E-state index in [4.69, 9.17) is 9.47 Å². The van der Waals surface area contributed by atoms with E-state index < -0.39 is 5.97 Å². The van der Waals surface area contributed by atoms with Gasteiger partial charge in [-0.25, -0.2) is 9.78 Å². The van der Waals surface area contributed by atoms with Crippen LogP contribution in [-0.2, 0) is 16.0 Å². The molecule has 0 fully saturated rings. The predicted molar refractivity (Wildman–Crippen MR) is 106 cm³/mol. The first-order valence-electron chi connectivity index (χ1n) is 8.45. The second kappa shape index (κ2) is 8.32. The number of nitrogens with one attached hydrogen (secondary N) is 1. The van der Waals surface area contributed by atoms with Crippen LogP contribution in [0.25, 0.3) is 10.2 Å². The van der Waals surface area contributed by atoms with Crippen LogP contribution in [0.15, 0.2) is 35.1 Å². The molecule has 1 N–H and O–H groups in total. The van der Waals surface area contributed by atoms with Crippen molar-refractivity contribution in [3.05, 3.63) is 57.0 Å². The van der Waals surface area contributed by atoms with Gasteiger partial charge in [0.25, 0.3) is 5.56 Å². The summed E-state index contributed by atoms with van der Waals surface area (Å²) >= 11 is 1.18. The monoisotopic (exact) mass is 387 g/mol. The second-order valence-corrected chi connectivity index (χ2v) is 7.07. The molecule has 1 aromatic carbocycles. The minimum atomic E-state index is -0.463. The molecule has 3 rings (SSSR count). The number of methoxy groups -OCH3 is 1. The Hall–Kier alpha value is -2.71. The normalized spacial score (nSPS) is 10.9. The Morgan fingerprint density at radius 3 is 2.70 bits per heavy atom. The van der Waals surface area contributed by atoms with Crippen LogP contribution >= 0.6 is 11.3 Å². The Morgan fingerprint density at radius 2 is 2.00 bits per heavy atom. The van der Waals surface area contributed by atoms with Crippen molar-refractivity contribution in [1.29, 1.82) is 0 Å². The van der Waals surface area contributed by atoms with Crippen molar-refractivity contribution in [2.75, 3.05) is 32.3 Å². The van der Waals surface area contributed by atoms with E-state index in [1.54, 1.807) is 6.92 Å². The van der Waals surface area contributed by atoms with E-state index in [1.165, 1.54) is 18.4 Å². The molecule has 0 aliphatic rings. The van der Waals surface area contributed by atoms with Gasteiger partial charge in [0.1, 0.15) is 22.1 Å². The lowest BCUT2D eigenvalue weighted by Gasteiger charge is -2.18. The van der Waals surface area contributed by atoms with Gasteiger partial charge in [-0.2, -0.15) is 0 Å². The fraction of sp³-hybridized carbons (Fsp3) is 0.316. The van der Waals surface area contributed by atoms with Crippen molar-refractivity contribution in [2.45, 2.75) is 13.5 Å². The molecule has 0 radical (unpaired) electrons. The number of benzene rings is 1. The summed E-state index contributed by atoms with van der Waals surface area (Å²) in [4.78, 5) is 35.1. The largest absolute Gasteiger partial charge is 0.459 e. The number of rotatable bonds is 7. The van der Waals surface area contributed by atoms with Crippen LogP contribution in [0.4, 0.5) is 5.69 Å². The van der Waals surface area contributed by atoms with Gasteiger partial charge in [-0.3, -0.25) is 4.79 Å². The molecule has 0 aliphatic heterocycles. The number of aryl methyl sites for hydroxylation is 1. The van der Waals surface area contributed by atoms with Crippen molar-refractivity contribution >= 4 is 33.2 Å². The third-order valence-corrected chi connectivity index (χ3v) is 5.31. The summed E-state index contributed by atoms with van der Waals surface area (Å²) in [5.41, 5.74) is 1.36. The Labute approximate surface area is 160 Å². The average Bonchev–Trinajstić information content (AvgIpc) is 2.99. The highest BCUT2D eigenvalue weighted by atomic mass is 32.1. The number of nitrogens with zero attached hydrogens (tertiary/aromatic N) is 2. The molecule has 0 amide bonds. The first-order valence-corrected chi connectivity index (χ1v) is 9.27. The summed E-state index contributed by atoms with van der Waals surface area (Å²) in [6.07, 6.45) is 0. The molecular weight excluding hydrogens is 366 g/mol. The Morgan fingerprint density at radius 1 is 1.26 bits per heavy atom. The van der Waals surface area contributed by atoms with Crippen molar-refractivity contribution in [1.82, 2.24) is 9.97 Å². The fourth-order valence-corrected chi connectivity index (χ4v) is 3.83. The van der Waals surface area contributed by atoms with Crippen LogP contribution in [0.1, 0.15) is 21.1 Å². The summed E-state index contributed by atoms with van der Waals surface area (Å²) in [6, 6.07) is 9.83. The number of ether oxygens (including phenoxy) is 2. The predicted octanol–water partition coefficient (Wildman–Crippen LogP) is 2.73. The minimum Gasteiger partial charge on any atom is -0.459 e. The molecule has 0 aliphatic carbocycles. The van der Waals surface area contributed by atoms with E-state index >= 15 is 0 Å². The third kappa shape index (κ3) is 4.17.